The molecule has 1 aromatic carbocycles. The summed E-state index contributed by atoms with van der Waals surface area (Å²) in [6.45, 7) is 4.37. The molecule has 0 bridgehead atoms. The van der Waals surface area contributed by atoms with Crippen molar-refractivity contribution < 1.29 is 9.53 Å². The molecular weight excluding hydrogens is 202 g/mol. The number of hydrogen-bond donors (Lipinski definition) is 1. The van der Waals surface area contributed by atoms with Gasteiger partial charge in [0.25, 0.3) is 0 Å². The van der Waals surface area contributed by atoms with Crippen LogP contribution in [0.2, 0.25) is 0 Å². The molecule has 0 heterocycles. The first-order valence-corrected chi connectivity index (χ1v) is 5.40. The molecule has 0 fully saturated rings. The lowest BCUT2D eigenvalue weighted by Crippen LogP contribution is -2.19. The molecule has 1 aromatic rings. The molecule has 0 saturated carbocycles. The Morgan fingerprint density at radius 3 is 2.31 bits per heavy atom. The highest BCUT2D eigenvalue weighted by atomic mass is 16.5. The number of carbonyl (C=O) groups excluding carboxylic acids is 1. The van der Waals surface area contributed by atoms with E-state index in [1.165, 1.54) is 0 Å². The number of benzene rings is 1. The molecule has 0 aliphatic heterocycles. The first kappa shape index (κ1) is 12.9. The predicted octanol–water partition coefficient (Wildman–Crippen LogP) is 2.10. The number of methoxy groups -OCH3 is 1. The summed E-state index contributed by atoms with van der Waals surface area (Å²) in [6.07, 6.45) is 0.396. The van der Waals surface area contributed by atoms with Gasteiger partial charge in [0.2, 0.25) is 0 Å². The molecule has 0 spiro atoms. The summed E-state index contributed by atoms with van der Waals surface area (Å²) in [7, 11) is 1.67. The van der Waals surface area contributed by atoms with Gasteiger partial charge in [0.15, 0.2) is 5.78 Å². The molecular formula is C13H19NO2. The summed E-state index contributed by atoms with van der Waals surface area (Å²) in [6, 6.07) is 7.50. The second-order valence-electron chi connectivity index (χ2n) is 4.25. The zero-order valence-corrected chi connectivity index (χ0v) is 10.1. The second kappa shape index (κ2) is 5.23. The smallest absolute Gasteiger partial charge is 0.164 e. The van der Waals surface area contributed by atoms with Gasteiger partial charge in [0, 0.05) is 19.1 Å². The predicted molar refractivity (Wildman–Crippen MR) is 64.5 cm³/mol. The standard InChI is InChI=1S/C13H19NO2/c1-13(2,16-3)11-6-4-10(5-7-11)12(15)8-9-14/h4-7H,8-9,14H2,1-3H3. The maximum absolute atomic E-state index is 11.6. The van der Waals surface area contributed by atoms with Gasteiger partial charge in [-0.1, -0.05) is 24.3 Å². The molecule has 0 saturated heterocycles. The lowest BCUT2D eigenvalue weighted by atomic mass is 9.96. The molecule has 0 unspecified atom stereocenters. The maximum Gasteiger partial charge on any atom is 0.164 e. The van der Waals surface area contributed by atoms with Gasteiger partial charge in [0.05, 0.1) is 5.60 Å². The molecule has 16 heavy (non-hydrogen) atoms. The van der Waals surface area contributed by atoms with Crippen LogP contribution in [0.4, 0.5) is 0 Å². The van der Waals surface area contributed by atoms with Gasteiger partial charge in [-0.05, 0) is 26.0 Å². The van der Waals surface area contributed by atoms with Crippen LogP contribution in [0.1, 0.15) is 36.2 Å². The normalized spacial score (nSPS) is 11.5. The van der Waals surface area contributed by atoms with E-state index in [9.17, 15) is 4.79 Å². The first-order valence-electron chi connectivity index (χ1n) is 5.40. The van der Waals surface area contributed by atoms with Gasteiger partial charge in [-0.25, -0.2) is 0 Å². The third kappa shape index (κ3) is 2.90. The van der Waals surface area contributed by atoms with Crippen LogP contribution in [0, 0.1) is 0 Å². The Balaban J connectivity index is 2.87. The number of ether oxygens (including phenoxy) is 1. The molecule has 3 heteroatoms. The van der Waals surface area contributed by atoms with E-state index in [1.807, 2.05) is 38.1 Å². The van der Waals surface area contributed by atoms with Crippen LogP contribution in [-0.2, 0) is 10.3 Å². The average Bonchev–Trinajstić information content (AvgIpc) is 2.29. The number of hydrogen-bond acceptors (Lipinski definition) is 3. The van der Waals surface area contributed by atoms with Gasteiger partial charge >= 0.3 is 0 Å². The molecule has 0 radical (unpaired) electrons. The Kier molecular flexibility index (Phi) is 4.21. The molecule has 1 rings (SSSR count). The molecule has 0 aliphatic carbocycles. The highest BCUT2D eigenvalue weighted by molar-refractivity contribution is 5.96. The fourth-order valence-electron chi connectivity index (χ4n) is 1.45. The molecule has 0 aliphatic rings. The van der Waals surface area contributed by atoms with E-state index in [1.54, 1.807) is 7.11 Å². The number of Topliss-reactive ketones (excluding diaryl/α,β-unsaturated/α-hetero) is 1. The SMILES string of the molecule is COC(C)(C)c1ccc(C(=O)CCN)cc1. The Morgan fingerprint density at radius 2 is 1.88 bits per heavy atom. The summed E-state index contributed by atoms with van der Waals surface area (Å²) < 4.78 is 5.37. The molecule has 88 valence electrons. The minimum atomic E-state index is -0.324. The third-order valence-corrected chi connectivity index (χ3v) is 2.78. The lowest BCUT2D eigenvalue weighted by molar-refractivity contribution is 0.0192. The van der Waals surface area contributed by atoms with Crippen molar-refractivity contribution in [2.75, 3.05) is 13.7 Å². The molecule has 0 atom stereocenters. The minimum absolute atomic E-state index is 0.0873. The van der Waals surface area contributed by atoms with Crippen molar-refractivity contribution in [2.45, 2.75) is 25.9 Å². The molecule has 3 nitrogen and oxygen atoms in total. The number of nitrogens with two attached hydrogens (primary N) is 1. The lowest BCUT2D eigenvalue weighted by Gasteiger charge is -2.23. The fourth-order valence-corrected chi connectivity index (χ4v) is 1.45. The van der Waals surface area contributed by atoms with Crippen LogP contribution in [0.5, 0.6) is 0 Å². The van der Waals surface area contributed by atoms with E-state index < -0.39 is 0 Å². The van der Waals surface area contributed by atoms with Gasteiger partial charge < -0.3 is 10.5 Å². The summed E-state index contributed by atoms with van der Waals surface area (Å²) in [5.74, 6) is 0.0873. The summed E-state index contributed by atoms with van der Waals surface area (Å²) in [5.41, 5.74) is 6.79. The van der Waals surface area contributed by atoms with E-state index in [-0.39, 0.29) is 11.4 Å². The van der Waals surface area contributed by atoms with Crippen molar-refractivity contribution in [3.63, 3.8) is 0 Å². The summed E-state index contributed by atoms with van der Waals surface area (Å²) in [4.78, 5) is 11.6. The van der Waals surface area contributed by atoms with Gasteiger partial charge in [-0.2, -0.15) is 0 Å². The Bertz CT molecular complexity index is 355. The van der Waals surface area contributed by atoms with Gasteiger partial charge in [-0.3, -0.25) is 4.79 Å². The highest BCUT2D eigenvalue weighted by Crippen LogP contribution is 2.23. The monoisotopic (exact) mass is 221 g/mol. The van der Waals surface area contributed by atoms with E-state index >= 15 is 0 Å². The van der Waals surface area contributed by atoms with Crippen molar-refractivity contribution in [1.82, 2.24) is 0 Å². The van der Waals surface area contributed by atoms with Crippen LogP contribution >= 0.6 is 0 Å². The number of carbonyl (C=O) groups is 1. The quantitative estimate of drug-likeness (QED) is 0.775. The van der Waals surface area contributed by atoms with E-state index in [0.29, 0.717) is 18.5 Å². The fraction of sp³-hybridized carbons (Fsp3) is 0.462. The largest absolute Gasteiger partial charge is 0.374 e. The van der Waals surface area contributed by atoms with Crippen molar-refractivity contribution in [3.8, 4) is 0 Å². The molecule has 0 aromatic heterocycles. The Morgan fingerprint density at radius 1 is 1.31 bits per heavy atom. The van der Waals surface area contributed by atoms with Crippen molar-refractivity contribution in [2.24, 2.45) is 5.73 Å². The average molecular weight is 221 g/mol. The summed E-state index contributed by atoms with van der Waals surface area (Å²) in [5, 5.41) is 0. The zero-order chi connectivity index (χ0) is 12.2. The third-order valence-electron chi connectivity index (χ3n) is 2.78. The van der Waals surface area contributed by atoms with Crippen LogP contribution in [0.15, 0.2) is 24.3 Å². The maximum atomic E-state index is 11.6. The van der Waals surface area contributed by atoms with Crippen molar-refractivity contribution in [3.05, 3.63) is 35.4 Å². The topological polar surface area (TPSA) is 52.3 Å². The van der Waals surface area contributed by atoms with Crippen LogP contribution < -0.4 is 5.73 Å². The number of ketones is 1. The Labute approximate surface area is 96.6 Å². The molecule has 0 amide bonds. The van der Waals surface area contributed by atoms with E-state index in [2.05, 4.69) is 0 Å². The van der Waals surface area contributed by atoms with Gasteiger partial charge in [-0.15, -0.1) is 0 Å². The van der Waals surface area contributed by atoms with Crippen molar-refractivity contribution >= 4 is 5.78 Å². The first-order chi connectivity index (χ1) is 7.51. The summed E-state index contributed by atoms with van der Waals surface area (Å²) >= 11 is 0. The van der Waals surface area contributed by atoms with Gasteiger partial charge in [0.1, 0.15) is 0 Å². The zero-order valence-electron chi connectivity index (χ0n) is 10.1. The van der Waals surface area contributed by atoms with Crippen molar-refractivity contribution in [1.29, 1.82) is 0 Å². The number of rotatable bonds is 5. The highest BCUT2D eigenvalue weighted by Gasteiger charge is 2.19. The van der Waals surface area contributed by atoms with E-state index in [4.69, 9.17) is 10.5 Å². The van der Waals surface area contributed by atoms with E-state index in [0.717, 1.165) is 5.56 Å². The Hall–Kier alpha value is -1.19. The van der Waals surface area contributed by atoms with Crippen LogP contribution in [-0.4, -0.2) is 19.4 Å². The minimum Gasteiger partial charge on any atom is -0.374 e. The van der Waals surface area contributed by atoms with Crippen LogP contribution in [0.25, 0.3) is 0 Å². The van der Waals surface area contributed by atoms with Crippen LogP contribution in [0.3, 0.4) is 0 Å². The second-order valence-corrected chi connectivity index (χ2v) is 4.25. The molecule has 2 N–H and O–H groups in total.